The standard InChI is InChI=1S/C11H15N3O8/c12-6(16)3-21-4-1-14(11(20)13-9(4)19)10-8(18)7(17)5(2-15)22-10/h1,5,7-8,10,15,17-18H,2-3H2,(H2,12,16)(H,13,19,20)/t5-,7-,8-,10-/m1/s1. The summed E-state index contributed by atoms with van der Waals surface area (Å²) in [5.41, 5.74) is 3.07. The van der Waals surface area contributed by atoms with Gasteiger partial charge in [-0.3, -0.25) is 19.1 Å². The number of nitrogens with one attached hydrogen (secondary N) is 1. The molecule has 1 aromatic heterocycles. The Balaban J connectivity index is 2.35. The molecular formula is C11H15N3O8. The molecule has 1 aliphatic heterocycles. The maximum absolute atomic E-state index is 11.8. The third-order valence-electron chi connectivity index (χ3n) is 3.10. The summed E-state index contributed by atoms with van der Waals surface area (Å²) >= 11 is 0. The first-order valence-corrected chi connectivity index (χ1v) is 6.24. The van der Waals surface area contributed by atoms with E-state index in [1.54, 1.807) is 0 Å². The predicted octanol–water partition coefficient (Wildman–Crippen LogP) is -3.99. The summed E-state index contributed by atoms with van der Waals surface area (Å²) in [4.78, 5) is 35.9. The van der Waals surface area contributed by atoms with Gasteiger partial charge in [0, 0.05) is 0 Å². The summed E-state index contributed by atoms with van der Waals surface area (Å²) in [6.45, 7) is -1.16. The van der Waals surface area contributed by atoms with Crippen LogP contribution < -0.4 is 21.7 Å². The normalized spacial score (nSPS) is 27.8. The lowest BCUT2D eigenvalue weighted by molar-refractivity contribution is -0.120. The van der Waals surface area contributed by atoms with Crippen LogP contribution in [0.2, 0.25) is 0 Å². The van der Waals surface area contributed by atoms with Gasteiger partial charge < -0.3 is 30.5 Å². The number of ether oxygens (including phenoxy) is 2. The van der Waals surface area contributed by atoms with Gasteiger partial charge in [-0.2, -0.15) is 0 Å². The second-order valence-corrected chi connectivity index (χ2v) is 4.64. The van der Waals surface area contributed by atoms with Crippen LogP contribution in [0.15, 0.2) is 15.8 Å². The Morgan fingerprint density at radius 2 is 2.09 bits per heavy atom. The van der Waals surface area contributed by atoms with Crippen molar-refractivity contribution < 1.29 is 29.6 Å². The molecule has 22 heavy (non-hydrogen) atoms. The number of H-pyrrole nitrogens is 1. The average molecular weight is 317 g/mol. The third-order valence-corrected chi connectivity index (χ3v) is 3.10. The van der Waals surface area contributed by atoms with Gasteiger partial charge >= 0.3 is 5.69 Å². The van der Waals surface area contributed by atoms with Crippen LogP contribution in [0, 0.1) is 0 Å². The number of hydrogen-bond donors (Lipinski definition) is 5. The van der Waals surface area contributed by atoms with Gasteiger partial charge in [-0.15, -0.1) is 0 Å². The number of aliphatic hydroxyl groups is 3. The monoisotopic (exact) mass is 317 g/mol. The Hall–Kier alpha value is -2.21. The zero-order valence-electron chi connectivity index (χ0n) is 11.2. The molecular weight excluding hydrogens is 302 g/mol. The van der Waals surface area contributed by atoms with E-state index < -0.39 is 60.7 Å². The molecule has 1 fully saturated rings. The smallest absolute Gasteiger partial charge is 0.330 e. The summed E-state index contributed by atoms with van der Waals surface area (Å²) in [5.74, 6) is -1.22. The number of aliphatic hydroxyl groups excluding tert-OH is 3. The van der Waals surface area contributed by atoms with Crippen LogP contribution in [0.5, 0.6) is 5.75 Å². The Bertz CT molecular complexity index is 668. The number of nitrogens with zero attached hydrogens (tertiary/aromatic N) is 1. The largest absolute Gasteiger partial charge is 0.477 e. The van der Waals surface area contributed by atoms with Gasteiger partial charge in [0.15, 0.2) is 12.8 Å². The molecule has 0 radical (unpaired) electrons. The summed E-state index contributed by atoms with van der Waals surface area (Å²) in [6, 6.07) is 0. The lowest BCUT2D eigenvalue weighted by Crippen LogP contribution is -2.38. The lowest BCUT2D eigenvalue weighted by Gasteiger charge is -2.17. The Morgan fingerprint density at radius 3 is 2.64 bits per heavy atom. The summed E-state index contributed by atoms with van der Waals surface area (Å²) < 4.78 is 10.8. The van der Waals surface area contributed by atoms with Crippen LogP contribution in [-0.4, -0.2) is 62.3 Å². The van der Waals surface area contributed by atoms with E-state index in [4.69, 9.17) is 20.3 Å². The highest BCUT2D eigenvalue weighted by molar-refractivity contribution is 5.75. The van der Waals surface area contributed by atoms with Crippen molar-refractivity contribution in [2.24, 2.45) is 5.73 Å². The van der Waals surface area contributed by atoms with E-state index in [1.807, 2.05) is 4.98 Å². The summed E-state index contributed by atoms with van der Waals surface area (Å²) in [5, 5.41) is 28.5. The first-order chi connectivity index (χ1) is 10.3. The number of carbonyl (C=O) groups is 1. The topological polar surface area (TPSA) is 177 Å². The fraction of sp³-hybridized carbons (Fsp3) is 0.545. The van der Waals surface area contributed by atoms with Crippen LogP contribution in [0.3, 0.4) is 0 Å². The van der Waals surface area contributed by atoms with Crippen molar-refractivity contribution in [3.05, 3.63) is 27.0 Å². The van der Waals surface area contributed by atoms with E-state index in [0.717, 1.165) is 10.8 Å². The molecule has 6 N–H and O–H groups in total. The summed E-state index contributed by atoms with van der Waals surface area (Å²) in [7, 11) is 0. The van der Waals surface area contributed by atoms with E-state index in [1.165, 1.54) is 0 Å². The number of primary amides is 1. The number of aromatic nitrogens is 2. The van der Waals surface area contributed by atoms with Gasteiger partial charge in [0.2, 0.25) is 5.75 Å². The first-order valence-electron chi connectivity index (χ1n) is 6.24. The Kier molecular flexibility index (Phi) is 4.61. The van der Waals surface area contributed by atoms with Gasteiger partial charge in [0.1, 0.15) is 18.3 Å². The molecule has 1 amide bonds. The number of aromatic amines is 1. The fourth-order valence-electron chi connectivity index (χ4n) is 2.02. The van der Waals surface area contributed by atoms with Gasteiger partial charge in [-0.25, -0.2) is 4.79 Å². The number of rotatable bonds is 5. The first kappa shape index (κ1) is 16.2. The van der Waals surface area contributed by atoms with Gasteiger partial charge in [-0.1, -0.05) is 0 Å². The van der Waals surface area contributed by atoms with Crippen molar-refractivity contribution in [2.75, 3.05) is 13.2 Å². The molecule has 4 atom stereocenters. The molecule has 0 spiro atoms. The molecule has 2 rings (SSSR count). The molecule has 0 aliphatic carbocycles. The minimum Gasteiger partial charge on any atom is -0.477 e. The van der Waals surface area contributed by atoms with Crippen LogP contribution in [-0.2, 0) is 9.53 Å². The summed E-state index contributed by atoms with van der Waals surface area (Å²) in [6.07, 6.45) is -4.43. The van der Waals surface area contributed by atoms with Crippen molar-refractivity contribution in [3.63, 3.8) is 0 Å². The molecule has 0 unspecified atom stereocenters. The Labute approximate surface area is 122 Å². The van der Waals surface area contributed by atoms with E-state index in [2.05, 4.69) is 0 Å². The van der Waals surface area contributed by atoms with Gasteiger partial charge in [0.05, 0.1) is 12.8 Å². The van der Waals surface area contributed by atoms with Crippen LogP contribution in [0.25, 0.3) is 0 Å². The average Bonchev–Trinajstić information content (AvgIpc) is 2.74. The highest BCUT2D eigenvalue weighted by Crippen LogP contribution is 2.28. The van der Waals surface area contributed by atoms with Gasteiger partial charge in [-0.05, 0) is 0 Å². The molecule has 11 heteroatoms. The van der Waals surface area contributed by atoms with Crippen molar-refractivity contribution in [2.45, 2.75) is 24.5 Å². The number of nitrogens with two attached hydrogens (primary N) is 1. The molecule has 1 aliphatic rings. The molecule has 0 saturated carbocycles. The van der Waals surface area contributed by atoms with E-state index in [9.17, 15) is 24.6 Å². The highest BCUT2D eigenvalue weighted by Gasteiger charge is 2.43. The highest BCUT2D eigenvalue weighted by atomic mass is 16.6. The van der Waals surface area contributed by atoms with E-state index in [0.29, 0.717) is 0 Å². The van der Waals surface area contributed by atoms with Crippen molar-refractivity contribution in [1.29, 1.82) is 0 Å². The molecule has 1 aromatic rings. The molecule has 1 saturated heterocycles. The minimum atomic E-state index is -1.51. The second-order valence-electron chi connectivity index (χ2n) is 4.64. The number of hydrogen-bond acceptors (Lipinski definition) is 8. The van der Waals surface area contributed by atoms with Crippen molar-refractivity contribution in [1.82, 2.24) is 9.55 Å². The maximum atomic E-state index is 11.8. The predicted molar refractivity (Wildman–Crippen MR) is 69.0 cm³/mol. The molecule has 122 valence electrons. The number of amides is 1. The minimum absolute atomic E-state index is 0.392. The van der Waals surface area contributed by atoms with Gasteiger partial charge in [0.25, 0.3) is 11.5 Å². The van der Waals surface area contributed by atoms with Crippen LogP contribution >= 0.6 is 0 Å². The molecule has 2 heterocycles. The number of carbonyl (C=O) groups excluding carboxylic acids is 1. The van der Waals surface area contributed by atoms with E-state index >= 15 is 0 Å². The molecule has 0 bridgehead atoms. The fourth-order valence-corrected chi connectivity index (χ4v) is 2.02. The van der Waals surface area contributed by atoms with Crippen LogP contribution in [0.1, 0.15) is 6.23 Å². The lowest BCUT2D eigenvalue weighted by atomic mass is 10.1. The van der Waals surface area contributed by atoms with Crippen LogP contribution in [0.4, 0.5) is 0 Å². The maximum Gasteiger partial charge on any atom is 0.330 e. The second kappa shape index (κ2) is 6.27. The SMILES string of the molecule is NC(=O)COc1cn([C@@H]2O[C@H](CO)[C@@H](O)[C@H]2O)c(=O)[nH]c1=O. The quantitative estimate of drug-likeness (QED) is 0.365. The molecule has 0 aromatic carbocycles. The van der Waals surface area contributed by atoms with Crippen molar-refractivity contribution >= 4 is 5.91 Å². The zero-order chi connectivity index (χ0) is 16.4. The third kappa shape index (κ3) is 3.01. The van der Waals surface area contributed by atoms with E-state index in [-0.39, 0.29) is 0 Å². The molecule has 11 nitrogen and oxygen atoms in total. The van der Waals surface area contributed by atoms with Crippen molar-refractivity contribution in [3.8, 4) is 5.75 Å². The Morgan fingerprint density at radius 1 is 1.41 bits per heavy atom. The zero-order valence-corrected chi connectivity index (χ0v) is 11.2.